The average molecular weight is 330 g/mol. The second kappa shape index (κ2) is 7.15. The van der Waals surface area contributed by atoms with E-state index in [0.717, 1.165) is 18.4 Å². The molecule has 1 aromatic rings. The average Bonchev–Trinajstić information content (AvgIpc) is 2.30. The maximum Gasteiger partial charge on any atom is 0.137 e. The molecule has 2 nitrogen and oxygen atoms in total. The van der Waals surface area contributed by atoms with Gasteiger partial charge in [0.1, 0.15) is 11.6 Å². The highest BCUT2D eigenvalue weighted by Crippen LogP contribution is 2.27. The van der Waals surface area contributed by atoms with Gasteiger partial charge < -0.3 is 5.73 Å². The van der Waals surface area contributed by atoms with Gasteiger partial charge in [0.05, 0.1) is 0 Å². The summed E-state index contributed by atoms with van der Waals surface area (Å²) in [5.74, 6) is -0.121. The number of Topliss-reactive ketones (excluding diaryl/α,β-unsaturated/α-hetero) is 1. The van der Waals surface area contributed by atoms with Crippen molar-refractivity contribution in [1.29, 1.82) is 0 Å². The first-order valence-electron chi connectivity index (χ1n) is 6.50. The van der Waals surface area contributed by atoms with Gasteiger partial charge in [-0.3, -0.25) is 4.79 Å². The van der Waals surface area contributed by atoms with Crippen LogP contribution < -0.4 is 5.73 Å². The van der Waals surface area contributed by atoms with E-state index < -0.39 is 0 Å². The van der Waals surface area contributed by atoms with Crippen molar-refractivity contribution < 1.29 is 9.18 Å². The molecule has 0 aromatic heterocycles. The molecule has 0 spiro atoms. The zero-order valence-electron chi connectivity index (χ0n) is 11.5. The van der Waals surface area contributed by atoms with E-state index in [9.17, 15) is 9.18 Å². The summed E-state index contributed by atoms with van der Waals surface area (Å²) in [6.45, 7) is 4.90. The third-order valence-electron chi connectivity index (χ3n) is 3.30. The van der Waals surface area contributed by atoms with E-state index in [4.69, 9.17) is 5.73 Å². The zero-order chi connectivity index (χ0) is 14.5. The van der Waals surface area contributed by atoms with Gasteiger partial charge in [0.2, 0.25) is 0 Å². The van der Waals surface area contributed by atoms with Crippen LogP contribution in [0.3, 0.4) is 0 Å². The number of ketones is 1. The van der Waals surface area contributed by atoms with Crippen LogP contribution in [-0.4, -0.2) is 12.3 Å². The maximum atomic E-state index is 12.9. The normalized spacial score (nSPS) is 11.6. The fraction of sp³-hybridized carbons (Fsp3) is 0.533. The van der Waals surface area contributed by atoms with Crippen LogP contribution in [0.15, 0.2) is 22.7 Å². The monoisotopic (exact) mass is 329 g/mol. The van der Waals surface area contributed by atoms with Gasteiger partial charge in [-0.25, -0.2) is 4.39 Å². The van der Waals surface area contributed by atoms with E-state index in [-0.39, 0.29) is 17.0 Å². The minimum atomic E-state index is -0.299. The summed E-state index contributed by atoms with van der Waals surface area (Å²) < 4.78 is 13.6. The molecule has 1 aromatic carbocycles. The molecule has 0 aliphatic rings. The van der Waals surface area contributed by atoms with Crippen molar-refractivity contribution in [2.75, 3.05) is 6.54 Å². The maximum absolute atomic E-state index is 12.9. The summed E-state index contributed by atoms with van der Waals surface area (Å²) in [4.78, 5) is 12.0. The third kappa shape index (κ3) is 5.83. The largest absolute Gasteiger partial charge is 0.330 e. The molecule has 0 heterocycles. The molecule has 0 atom stereocenters. The van der Waals surface area contributed by atoms with E-state index in [0.29, 0.717) is 23.9 Å². The molecule has 0 fully saturated rings. The zero-order valence-corrected chi connectivity index (χ0v) is 13.1. The van der Waals surface area contributed by atoms with Gasteiger partial charge >= 0.3 is 0 Å². The smallest absolute Gasteiger partial charge is 0.137 e. The Morgan fingerprint density at radius 2 is 2.05 bits per heavy atom. The summed E-state index contributed by atoms with van der Waals surface area (Å²) in [5.41, 5.74) is 6.49. The molecule has 0 amide bonds. The second-order valence-corrected chi connectivity index (χ2v) is 6.51. The summed E-state index contributed by atoms with van der Waals surface area (Å²) in [5, 5.41) is 0. The number of hydrogen-bond acceptors (Lipinski definition) is 2. The SMILES string of the molecule is CC(C)(CCN)CCC(=O)Cc1ccc(F)cc1Br. The molecule has 0 bridgehead atoms. The highest BCUT2D eigenvalue weighted by atomic mass is 79.9. The van der Waals surface area contributed by atoms with Crippen molar-refractivity contribution in [3.8, 4) is 0 Å². The molecule has 0 radical (unpaired) electrons. The summed E-state index contributed by atoms with van der Waals surface area (Å²) in [6, 6.07) is 4.43. The lowest BCUT2D eigenvalue weighted by molar-refractivity contribution is -0.119. The first-order valence-corrected chi connectivity index (χ1v) is 7.29. The van der Waals surface area contributed by atoms with E-state index in [1.165, 1.54) is 12.1 Å². The van der Waals surface area contributed by atoms with E-state index in [2.05, 4.69) is 29.8 Å². The predicted molar refractivity (Wildman–Crippen MR) is 79.5 cm³/mol. The summed E-state index contributed by atoms with van der Waals surface area (Å²) >= 11 is 3.28. The Hall–Kier alpha value is -0.740. The summed E-state index contributed by atoms with van der Waals surface area (Å²) in [7, 11) is 0. The fourth-order valence-electron chi connectivity index (χ4n) is 1.96. The van der Waals surface area contributed by atoms with Crippen LogP contribution in [0.1, 0.15) is 38.7 Å². The topological polar surface area (TPSA) is 43.1 Å². The number of nitrogens with two attached hydrogens (primary N) is 1. The van der Waals surface area contributed by atoms with E-state index in [1.807, 2.05) is 0 Å². The molecule has 4 heteroatoms. The molecular formula is C15H21BrFNO. The molecule has 19 heavy (non-hydrogen) atoms. The number of benzene rings is 1. The second-order valence-electron chi connectivity index (χ2n) is 5.65. The van der Waals surface area contributed by atoms with Crippen molar-refractivity contribution >= 4 is 21.7 Å². The Morgan fingerprint density at radius 3 is 2.63 bits per heavy atom. The molecule has 2 N–H and O–H groups in total. The van der Waals surface area contributed by atoms with Crippen LogP contribution >= 0.6 is 15.9 Å². The molecular weight excluding hydrogens is 309 g/mol. The number of halogens is 2. The Balaban J connectivity index is 2.52. The van der Waals surface area contributed by atoms with E-state index >= 15 is 0 Å². The first-order chi connectivity index (χ1) is 8.84. The number of carbonyl (C=O) groups is 1. The molecule has 0 saturated heterocycles. The standard InChI is InChI=1S/C15H21BrFNO/c1-15(2,7-8-18)6-5-13(19)9-11-3-4-12(17)10-14(11)16/h3-4,10H,5-9,18H2,1-2H3. The number of hydrogen-bond donors (Lipinski definition) is 1. The molecule has 0 aliphatic carbocycles. The quantitative estimate of drug-likeness (QED) is 0.825. The molecule has 0 saturated carbocycles. The highest BCUT2D eigenvalue weighted by Gasteiger charge is 2.18. The fourth-order valence-corrected chi connectivity index (χ4v) is 2.45. The van der Waals surface area contributed by atoms with Crippen LogP contribution in [0, 0.1) is 11.2 Å². The molecule has 0 unspecified atom stereocenters. The van der Waals surface area contributed by atoms with Crippen molar-refractivity contribution in [2.45, 2.75) is 39.5 Å². The van der Waals surface area contributed by atoms with Crippen LogP contribution in [-0.2, 0) is 11.2 Å². The Labute approximate surface area is 122 Å². The number of rotatable bonds is 7. The Morgan fingerprint density at radius 1 is 1.37 bits per heavy atom. The lowest BCUT2D eigenvalue weighted by Crippen LogP contribution is -2.18. The minimum absolute atomic E-state index is 0.102. The highest BCUT2D eigenvalue weighted by molar-refractivity contribution is 9.10. The first kappa shape index (κ1) is 16.3. The van der Waals surface area contributed by atoms with Crippen molar-refractivity contribution in [3.63, 3.8) is 0 Å². The van der Waals surface area contributed by atoms with Crippen LogP contribution in [0.2, 0.25) is 0 Å². The van der Waals surface area contributed by atoms with Gasteiger partial charge in [-0.05, 0) is 42.5 Å². The van der Waals surface area contributed by atoms with Crippen molar-refractivity contribution in [2.24, 2.45) is 11.1 Å². The lowest BCUT2D eigenvalue weighted by atomic mass is 9.83. The third-order valence-corrected chi connectivity index (χ3v) is 4.04. The van der Waals surface area contributed by atoms with Crippen LogP contribution in [0.5, 0.6) is 0 Å². The lowest BCUT2D eigenvalue weighted by Gasteiger charge is -2.23. The van der Waals surface area contributed by atoms with Crippen molar-refractivity contribution in [3.05, 3.63) is 34.1 Å². The van der Waals surface area contributed by atoms with Crippen LogP contribution in [0.4, 0.5) is 4.39 Å². The van der Waals surface area contributed by atoms with Gasteiger partial charge in [0.15, 0.2) is 0 Å². The summed E-state index contributed by atoms with van der Waals surface area (Å²) in [6.07, 6.45) is 2.64. The van der Waals surface area contributed by atoms with Gasteiger partial charge in [0, 0.05) is 17.3 Å². The van der Waals surface area contributed by atoms with Gasteiger partial charge in [0.25, 0.3) is 0 Å². The van der Waals surface area contributed by atoms with Gasteiger partial charge in [-0.2, -0.15) is 0 Å². The van der Waals surface area contributed by atoms with Crippen LogP contribution in [0.25, 0.3) is 0 Å². The van der Waals surface area contributed by atoms with Gasteiger partial charge in [-0.15, -0.1) is 0 Å². The molecule has 0 aliphatic heterocycles. The predicted octanol–water partition coefficient (Wildman–Crippen LogP) is 3.86. The molecule has 1 rings (SSSR count). The molecule has 106 valence electrons. The van der Waals surface area contributed by atoms with Crippen molar-refractivity contribution in [1.82, 2.24) is 0 Å². The minimum Gasteiger partial charge on any atom is -0.330 e. The Kier molecular flexibility index (Phi) is 6.14. The Bertz CT molecular complexity index is 446. The van der Waals surface area contributed by atoms with E-state index in [1.54, 1.807) is 6.07 Å². The number of carbonyl (C=O) groups excluding carboxylic acids is 1. The van der Waals surface area contributed by atoms with Gasteiger partial charge in [-0.1, -0.05) is 35.8 Å².